The molecule has 2 aromatic rings. The van der Waals surface area contributed by atoms with Crippen LogP contribution in [0.2, 0.25) is 0 Å². The quantitative estimate of drug-likeness (QED) is 0.599. The summed E-state index contributed by atoms with van der Waals surface area (Å²) in [5.41, 5.74) is 7.81. The van der Waals surface area contributed by atoms with E-state index in [1.54, 1.807) is 18.2 Å². The summed E-state index contributed by atoms with van der Waals surface area (Å²) < 4.78 is 11.1. The minimum absolute atomic E-state index is 0.0128. The summed E-state index contributed by atoms with van der Waals surface area (Å²) in [6, 6.07) is 12.8. The van der Waals surface area contributed by atoms with Crippen molar-refractivity contribution in [3.05, 3.63) is 59.2 Å². The van der Waals surface area contributed by atoms with Gasteiger partial charge < -0.3 is 9.47 Å². The van der Waals surface area contributed by atoms with Crippen LogP contribution in [0.1, 0.15) is 40.7 Å². The van der Waals surface area contributed by atoms with Crippen molar-refractivity contribution in [3.8, 4) is 11.5 Å². The Hall–Kier alpha value is -3.35. The number of carbonyl (C=O) groups is 3. The number of para-hydroxylation sites is 2. The van der Waals surface area contributed by atoms with Gasteiger partial charge in [0.15, 0.2) is 17.3 Å². The largest absolute Gasteiger partial charge is 0.485 e. The number of hydrogen-bond acceptors (Lipinski definition) is 5. The number of amides is 2. The lowest BCUT2D eigenvalue weighted by Crippen LogP contribution is -2.50. The third-order valence-electron chi connectivity index (χ3n) is 5.13. The maximum atomic E-state index is 12.3. The van der Waals surface area contributed by atoms with Gasteiger partial charge in [-0.15, -0.1) is 0 Å². The highest BCUT2D eigenvalue weighted by molar-refractivity contribution is 5.98. The van der Waals surface area contributed by atoms with E-state index >= 15 is 0 Å². The zero-order valence-electron chi connectivity index (χ0n) is 15.9. The van der Waals surface area contributed by atoms with Crippen LogP contribution in [0.5, 0.6) is 11.5 Å². The molecule has 2 aromatic carbocycles. The Balaban J connectivity index is 1.22. The van der Waals surface area contributed by atoms with E-state index < -0.39 is 17.9 Å². The Bertz CT molecular complexity index is 956. The van der Waals surface area contributed by atoms with Crippen molar-refractivity contribution in [3.63, 3.8) is 0 Å². The Morgan fingerprint density at radius 1 is 0.931 bits per heavy atom. The van der Waals surface area contributed by atoms with Crippen LogP contribution in [0, 0.1) is 0 Å². The molecule has 150 valence electrons. The molecule has 2 aliphatic rings. The molecule has 7 nitrogen and oxygen atoms in total. The highest BCUT2D eigenvalue weighted by Crippen LogP contribution is 2.30. The zero-order chi connectivity index (χ0) is 20.2. The average Bonchev–Trinajstić information content (AvgIpc) is 3.23. The highest BCUT2D eigenvalue weighted by atomic mass is 16.6. The Morgan fingerprint density at radius 3 is 2.59 bits per heavy atom. The van der Waals surface area contributed by atoms with E-state index in [0.29, 0.717) is 17.1 Å². The summed E-state index contributed by atoms with van der Waals surface area (Å²) in [4.78, 5) is 36.5. The number of hydrazine groups is 1. The number of hydrogen-bond donors (Lipinski definition) is 2. The average molecular weight is 394 g/mol. The molecule has 1 atom stereocenters. The number of ether oxygens (including phenoxy) is 2. The second kappa shape index (κ2) is 8.34. The van der Waals surface area contributed by atoms with Crippen molar-refractivity contribution < 1.29 is 23.9 Å². The molecule has 0 bridgehead atoms. The number of aryl methyl sites for hydroxylation is 2. The summed E-state index contributed by atoms with van der Waals surface area (Å²) in [6.07, 6.45) is 2.39. The third-order valence-corrected chi connectivity index (χ3v) is 5.13. The predicted octanol–water partition coefficient (Wildman–Crippen LogP) is 2.13. The first kappa shape index (κ1) is 19.0. The fraction of sp³-hybridized carbons (Fsp3) is 0.318. The molecular weight excluding hydrogens is 372 g/mol. The van der Waals surface area contributed by atoms with E-state index in [9.17, 15) is 14.4 Å². The summed E-state index contributed by atoms with van der Waals surface area (Å²) >= 11 is 0. The van der Waals surface area contributed by atoms with Gasteiger partial charge in [0, 0.05) is 18.4 Å². The van der Waals surface area contributed by atoms with Crippen molar-refractivity contribution in [2.24, 2.45) is 0 Å². The minimum atomic E-state index is -0.863. The first-order valence-electron chi connectivity index (χ1n) is 9.72. The van der Waals surface area contributed by atoms with Gasteiger partial charge in [-0.3, -0.25) is 25.2 Å². The molecule has 2 N–H and O–H groups in total. The van der Waals surface area contributed by atoms with Gasteiger partial charge >= 0.3 is 0 Å². The molecule has 1 unspecified atom stereocenters. The first-order valence-corrected chi connectivity index (χ1v) is 9.72. The van der Waals surface area contributed by atoms with Crippen LogP contribution in [0.4, 0.5) is 0 Å². The molecule has 1 aliphatic carbocycles. The molecule has 0 spiro atoms. The molecule has 7 heteroatoms. The van der Waals surface area contributed by atoms with E-state index in [0.717, 1.165) is 19.3 Å². The van der Waals surface area contributed by atoms with Gasteiger partial charge in [0.25, 0.3) is 5.91 Å². The standard InChI is InChI=1S/C22H22N2O5/c25-17(16-9-8-14-4-3-5-15(14)12-16)10-11-21(26)23-24-22(27)20-13-28-18-6-1-2-7-19(18)29-20/h1-2,6-9,12,20H,3-5,10-11,13H2,(H,23,26)(H,24,27). The van der Waals surface area contributed by atoms with Gasteiger partial charge in [-0.1, -0.05) is 24.3 Å². The van der Waals surface area contributed by atoms with Gasteiger partial charge in [0.2, 0.25) is 12.0 Å². The van der Waals surface area contributed by atoms with Crippen LogP contribution in [0.3, 0.4) is 0 Å². The Kier molecular flexibility index (Phi) is 5.46. The smallest absolute Gasteiger partial charge is 0.283 e. The maximum absolute atomic E-state index is 12.3. The monoisotopic (exact) mass is 394 g/mol. The molecular formula is C22H22N2O5. The first-order chi connectivity index (χ1) is 14.1. The van der Waals surface area contributed by atoms with Crippen LogP contribution in [0.15, 0.2) is 42.5 Å². The van der Waals surface area contributed by atoms with E-state index in [1.807, 2.05) is 24.3 Å². The molecule has 0 radical (unpaired) electrons. The second-order valence-electron chi connectivity index (χ2n) is 7.16. The lowest BCUT2D eigenvalue weighted by Gasteiger charge is -2.25. The number of Topliss-reactive ketones (excluding diaryl/α,β-unsaturated/α-hetero) is 1. The van der Waals surface area contributed by atoms with Crippen LogP contribution < -0.4 is 20.3 Å². The number of carbonyl (C=O) groups excluding carboxylic acids is 3. The molecule has 1 heterocycles. The zero-order valence-corrected chi connectivity index (χ0v) is 15.9. The summed E-state index contributed by atoms with van der Waals surface area (Å²) in [5, 5.41) is 0. The molecule has 1 aliphatic heterocycles. The molecule has 2 amide bonds. The van der Waals surface area contributed by atoms with E-state index in [2.05, 4.69) is 10.9 Å². The number of nitrogens with one attached hydrogen (secondary N) is 2. The highest BCUT2D eigenvalue weighted by Gasteiger charge is 2.27. The van der Waals surface area contributed by atoms with Crippen molar-refractivity contribution >= 4 is 17.6 Å². The minimum Gasteiger partial charge on any atom is -0.485 e. The van der Waals surface area contributed by atoms with E-state index in [1.165, 1.54) is 11.1 Å². The lowest BCUT2D eigenvalue weighted by atomic mass is 10.0. The van der Waals surface area contributed by atoms with Crippen molar-refractivity contribution in [2.45, 2.75) is 38.2 Å². The fourth-order valence-electron chi connectivity index (χ4n) is 3.54. The van der Waals surface area contributed by atoms with E-state index in [-0.39, 0.29) is 25.2 Å². The van der Waals surface area contributed by atoms with Gasteiger partial charge in [0.1, 0.15) is 6.61 Å². The topological polar surface area (TPSA) is 93.7 Å². The third kappa shape index (κ3) is 4.39. The second-order valence-corrected chi connectivity index (χ2v) is 7.16. The maximum Gasteiger partial charge on any atom is 0.283 e. The predicted molar refractivity (Wildman–Crippen MR) is 105 cm³/mol. The van der Waals surface area contributed by atoms with Gasteiger partial charge in [-0.25, -0.2) is 0 Å². The number of fused-ring (bicyclic) bond motifs is 2. The van der Waals surface area contributed by atoms with Crippen LogP contribution in [-0.2, 0) is 22.4 Å². The molecule has 4 rings (SSSR count). The number of benzene rings is 2. The summed E-state index contributed by atoms with van der Waals surface area (Å²) in [7, 11) is 0. The van der Waals surface area contributed by atoms with Crippen molar-refractivity contribution in [1.29, 1.82) is 0 Å². The fourth-order valence-corrected chi connectivity index (χ4v) is 3.54. The lowest BCUT2D eigenvalue weighted by molar-refractivity contribution is -0.135. The van der Waals surface area contributed by atoms with Crippen molar-refractivity contribution in [2.75, 3.05) is 6.61 Å². The van der Waals surface area contributed by atoms with Crippen LogP contribution >= 0.6 is 0 Å². The molecule has 0 fully saturated rings. The Labute approximate surface area is 168 Å². The van der Waals surface area contributed by atoms with Crippen molar-refractivity contribution in [1.82, 2.24) is 10.9 Å². The van der Waals surface area contributed by atoms with Gasteiger partial charge in [-0.2, -0.15) is 0 Å². The summed E-state index contributed by atoms with van der Waals surface area (Å²) in [5.74, 6) is 0.0143. The normalized spacial score (nSPS) is 16.6. The number of rotatable bonds is 5. The Morgan fingerprint density at radius 2 is 1.72 bits per heavy atom. The number of ketones is 1. The molecule has 0 saturated carbocycles. The SMILES string of the molecule is O=C(CCC(=O)c1ccc2c(c1)CCC2)NNC(=O)C1COc2ccccc2O1. The van der Waals surface area contributed by atoms with Crippen LogP contribution in [0.25, 0.3) is 0 Å². The molecule has 29 heavy (non-hydrogen) atoms. The molecule has 0 aromatic heterocycles. The van der Waals surface area contributed by atoms with Gasteiger partial charge in [-0.05, 0) is 48.6 Å². The molecule has 0 saturated heterocycles. The van der Waals surface area contributed by atoms with Gasteiger partial charge in [0.05, 0.1) is 0 Å². The van der Waals surface area contributed by atoms with E-state index in [4.69, 9.17) is 9.47 Å². The van der Waals surface area contributed by atoms with Crippen LogP contribution in [-0.4, -0.2) is 30.3 Å². The summed E-state index contributed by atoms with van der Waals surface area (Å²) in [6.45, 7) is 0.0511.